The van der Waals surface area contributed by atoms with Crippen LogP contribution in [0.2, 0.25) is 0 Å². The number of rotatable bonds is 7. The van der Waals surface area contributed by atoms with E-state index >= 15 is 0 Å². The summed E-state index contributed by atoms with van der Waals surface area (Å²) in [5.41, 5.74) is 15.6. The van der Waals surface area contributed by atoms with Gasteiger partial charge in [0.15, 0.2) is 0 Å². The van der Waals surface area contributed by atoms with Crippen LogP contribution in [0, 0.1) is 0 Å². The molecule has 0 atom stereocenters. The largest absolute Gasteiger partial charge is 0.456 e. The van der Waals surface area contributed by atoms with Crippen LogP contribution in [0.5, 0.6) is 0 Å². The molecule has 3 nitrogen and oxygen atoms in total. The van der Waals surface area contributed by atoms with Crippen LogP contribution in [0.15, 0.2) is 221 Å². The monoisotopic (exact) mass is 729 g/mol. The maximum absolute atomic E-state index is 6.57. The van der Waals surface area contributed by atoms with E-state index in [0.29, 0.717) is 0 Å². The van der Waals surface area contributed by atoms with E-state index in [9.17, 15) is 0 Å². The molecule has 57 heavy (non-hydrogen) atoms. The number of benzene rings is 9. The highest BCUT2D eigenvalue weighted by atomic mass is 16.3. The van der Waals surface area contributed by atoms with Gasteiger partial charge in [-0.1, -0.05) is 170 Å². The van der Waals surface area contributed by atoms with Crippen molar-refractivity contribution in [2.24, 2.45) is 0 Å². The minimum atomic E-state index is 0.840. The molecule has 9 aromatic carbocycles. The molecule has 0 radical (unpaired) electrons. The van der Waals surface area contributed by atoms with E-state index in [1.165, 1.54) is 5.56 Å². The van der Waals surface area contributed by atoms with E-state index in [1.54, 1.807) is 0 Å². The second-order valence-corrected chi connectivity index (χ2v) is 14.4. The highest BCUT2D eigenvalue weighted by Gasteiger charge is 2.26. The lowest BCUT2D eigenvalue weighted by molar-refractivity contribution is 0.669. The van der Waals surface area contributed by atoms with Crippen LogP contribution in [0.1, 0.15) is 0 Å². The number of anilines is 3. The maximum atomic E-state index is 6.57. The predicted octanol–water partition coefficient (Wildman–Crippen LogP) is 15.6. The Kier molecular flexibility index (Phi) is 7.82. The fourth-order valence-corrected chi connectivity index (χ4v) is 8.58. The molecule has 0 amide bonds. The van der Waals surface area contributed by atoms with E-state index in [4.69, 9.17) is 8.83 Å². The van der Waals surface area contributed by atoms with Gasteiger partial charge in [0.2, 0.25) is 0 Å². The van der Waals surface area contributed by atoms with Crippen molar-refractivity contribution >= 4 is 60.9 Å². The van der Waals surface area contributed by atoms with E-state index in [2.05, 4.69) is 199 Å². The Morgan fingerprint density at radius 1 is 0.316 bits per heavy atom. The molecule has 0 aliphatic carbocycles. The van der Waals surface area contributed by atoms with Crippen molar-refractivity contribution in [1.82, 2.24) is 0 Å². The summed E-state index contributed by atoms with van der Waals surface area (Å²) in [7, 11) is 0. The lowest BCUT2D eigenvalue weighted by atomic mass is 9.87. The molecule has 3 heteroatoms. The van der Waals surface area contributed by atoms with Gasteiger partial charge in [-0.25, -0.2) is 0 Å². The molecule has 11 aromatic rings. The average Bonchev–Trinajstić information content (AvgIpc) is 3.86. The van der Waals surface area contributed by atoms with E-state index in [1.807, 2.05) is 18.2 Å². The lowest BCUT2D eigenvalue weighted by Crippen LogP contribution is -2.12. The Bertz CT molecular complexity index is 3250. The molecule has 2 heterocycles. The minimum absolute atomic E-state index is 0.840. The topological polar surface area (TPSA) is 29.5 Å². The van der Waals surface area contributed by atoms with Crippen LogP contribution >= 0.6 is 0 Å². The number of hydrogen-bond acceptors (Lipinski definition) is 3. The molecule has 0 saturated heterocycles. The van der Waals surface area contributed by atoms with Crippen LogP contribution in [0.3, 0.4) is 0 Å². The fourth-order valence-electron chi connectivity index (χ4n) is 8.58. The van der Waals surface area contributed by atoms with Gasteiger partial charge in [0.1, 0.15) is 22.3 Å². The third kappa shape index (κ3) is 5.51. The van der Waals surface area contributed by atoms with Gasteiger partial charge in [0.05, 0.1) is 16.8 Å². The summed E-state index contributed by atoms with van der Waals surface area (Å²) < 4.78 is 13.1. The van der Waals surface area contributed by atoms with Gasteiger partial charge in [0, 0.05) is 33.0 Å². The second kappa shape index (κ2) is 13.6. The highest BCUT2D eigenvalue weighted by molar-refractivity contribution is 6.15. The van der Waals surface area contributed by atoms with Gasteiger partial charge in [-0.05, 0) is 75.8 Å². The second-order valence-electron chi connectivity index (χ2n) is 14.4. The van der Waals surface area contributed by atoms with Gasteiger partial charge in [-0.2, -0.15) is 0 Å². The Morgan fingerprint density at radius 2 is 0.842 bits per heavy atom. The summed E-state index contributed by atoms with van der Waals surface area (Å²) >= 11 is 0. The Balaban J connectivity index is 1.23. The normalized spacial score (nSPS) is 11.5. The number of furan rings is 2. The van der Waals surface area contributed by atoms with Gasteiger partial charge in [-0.15, -0.1) is 0 Å². The number of hydrogen-bond donors (Lipinski definition) is 0. The van der Waals surface area contributed by atoms with Crippen molar-refractivity contribution in [3.8, 4) is 44.5 Å². The minimum Gasteiger partial charge on any atom is -0.456 e. The average molecular weight is 730 g/mol. The molecule has 0 fully saturated rings. The van der Waals surface area contributed by atoms with Crippen LogP contribution in [0.4, 0.5) is 17.1 Å². The summed E-state index contributed by atoms with van der Waals surface area (Å²) in [5, 5.41) is 4.35. The summed E-state index contributed by atoms with van der Waals surface area (Å²) in [5.74, 6) is 0. The van der Waals surface area contributed by atoms with Crippen molar-refractivity contribution < 1.29 is 8.83 Å². The lowest BCUT2D eigenvalue weighted by Gasteiger charge is -2.30. The van der Waals surface area contributed by atoms with E-state index in [0.717, 1.165) is 99.9 Å². The molecule has 0 aliphatic heterocycles. The van der Waals surface area contributed by atoms with Gasteiger partial charge in [-0.3, -0.25) is 0 Å². The van der Waals surface area contributed by atoms with Crippen molar-refractivity contribution in [3.05, 3.63) is 212 Å². The first-order valence-corrected chi connectivity index (χ1v) is 19.3. The quantitative estimate of drug-likeness (QED) is 0.164. The fraction of sp³-hybridized carbons (Fsp3) is 0. The van der Waals surface area contributed by atoms with Gasteiger partial charge < -0.3 is 13.7 Å². The summed E-state index contributed by atoms with van der Waals surface area (Å²) in [6, 6.07) is 75.2. The van der Waals surface area contributed by atoms with Crippen LogP contribution < -0.4 is 4.90 Å². The summed E-state index contributed by atoms with van der Waals surface area (Å²) in [4.78, 5) is 2.43. The zero-order valence-corrected chi connectivity index (χ0v) is 31.0. The van der Waals surface area contributed by atoms with Crippen molar-refractivity contribution in [1.29, 1.82) is 0 Å². The van der Waals surface area contributed by atoms with Gasteiger partial charge >= 0.3 is 0 Å². The zero-order valence-electron chi connectivity index (χ0n) is 31.0. The standard InChI is InChI=1S/C54H35NO2/c1-3-17-36(18-4-1)40-23-7-8-25-44(40)52-41(37-19-5-2-6-20-37)27-15-30-47(52)55(48-31-16-34-51-53(48)46-26-10-12-33-50(46)56-51)39-22-13-21-38(35-39)42-28-14-29-45-43-24-9-11-32-49(43)57-54(42)45/h1-35H. The van der Waals surface area contributed by atoms with Crippen molar-refractivity contribution in [3.63, 3.8) is 0 Å². The van der Waals surface area contributed by atoms with Crippen LogP contribution in [-0.4, -0.2) is 0 Å². The van der Waals surface area contributed by atoms with Crippen LogP contribution in [-0.2, 0) is 0 Å². The molecule has 0 N–H and O–H groups in total. The SMILES string of the molecule is c1ccc(-c2ccccc2-c2c(-c3ccccc3)cccc2N(c2cccc(-c3cccc4c3oc3ccccc34)c2)c2cccc3oc4ccccc4c23)cc1. The first-order chi connectivity index (χ1) is 28.3. The number of fused-ring (bicyclic) bond motifs is 6. The molecule has 0 spiro atoms. The first-order valence-electron chi connectivity index (χ1n) is 19.3. The molecule has 0 unspecified atom stereocenters. The smallest absolute Gasteiger partial charge is 0.143 e. The molecule has 2 aromatic heterocycles. The summed E-state index contributed by atoms with van der Waals surface area (Å²) in [6.45, 7) is 0. The number of para-hydroxylation sites is 3. The molecule has 0 saturated carbocycles. The van der Waals surface area contributed by atoms with E-state index < -0.39 is 0 Å². The first kappa shape index (κ1) is 32.8. The molecule has 11 rings (SSSR count). The zero-order chi connectivity index (χ0) is 37.7. The van der Waals surface area contributed by atoms with Crippen molar-refractivity contribution in [2.45, 2.75) is 0 Å². The maximum Gasteiger partial charge on any atom is 0.143 e. The third-order valence-corrected chi connectivity index (χ3v) is 11.1. The molecule has 268 valence electrons. The molecule has 0 aliphatic rings. The Labute approximate surface area is 330 Å². The Hall–Kier alpha value is -7.62. The molecule has 0 bridgehead atoms. The third-order valence-electron chi connectivity index (χ3n) is 11.1. The predicted molar refractivity (Wildman–Crippen MR) is 237 cm³/mol. The van der Waals surface area contributed by atoms with Gasteiger partial charge in [0.25, 0.3) is 0 Å². The highest BCUT2D eigenvalue weighted by Crippen LogP contribution is 2.51. The van der Waals surface area contributed by atoms with Crippen molar-refractivity contribution in [2.75, 3.05) is 4.90 Å². The Morgan fingerprint density at radius 3 is 1.65 bits per heavy atom. The molecular formula is C54H35NO2. The molecular weight excluding hydrogens is 695 g/mol. The van der Waals surface area contributed by atoms with E-state index in [-0.39, 0.29) is 0 Å². The summed E-state index contributed by atoms with van der Waals surface area (Å²) in [6.07, 6.45) is 0. The number of nitrogens with zero attached hydrogens (tertiary/aromatic N) is 1. The van der Waals surface area contributed by atoms with Crippen LogP contribution in [0.25, 0.3) is 88.4 Å².